The van der Waals surface area contributed by atoms with E-state index in [4.69, 9.17) is 4.74 Å². The summed E-state index contributed by atoms with van der Waals surface area (Å²) in [4.78, 5) is 11.8. The molecule has 1 aromatic carbocycles. The zero-order valence-electron chi connectivity index (χ0n) is 10.5. The van der Waals surface area contributed by atoms with E-state index in [1.807, 2.05) is 0 Å². The third kappa shape index (κ3) is 2.15. The topological polar surface area (TPSA) is 35.5 Å². The van der Waals surface area contributed by atoms with Crippen molar-refractivity contribution in [2.75, 3.05) is 14.2 Å². The molecule has 2 rings (SSSR count). The van der Waals surface area contributed by atoms with Crippen molar-refractivity contribution in [3.05, 3.63) is 29.6 Å². The van der Waals surface area contributed by atoms with Crippen LogP contribution in [0.5, 0.6) is 5.75 Å². The first-order valence-electron chi connectivity index (χ1n) is 5.65. The van der Waals surface area contributed by atoms with Crippen LogP contribution in [-0.2, 0) is 14.9 Å². The molecule has 0 heterocycles. The monoisotopic (exact) mass is 274 g/mol. The van der Waals surface area contributed by atoms with Crippen LogP contribution in [0.15, 0.2) is 18.2 Å². The Morgan fingerprint density at radius 3 is 2.32 bits per heavy atom. The third-order valence-electron chi connectivity index (χ3n) is 3.40. The molecule has 0 aliphatic heterocycles. The number of esters is 1. The smallest absolute Gasteiger partial charge is 0.316 e. The average molecular weight is 274 g/mol. The Labute approximate surface area is 108 Å². The minimum Gasteiger partial charge on any atom is -0.494 e. The van der Waals surface area contributed by atoms with Crippen molar-refractivity contribution in [3.63, 3.8) is 0 Å². The fraction of sp³-hybridized carbons (Fsp3) is 0.462. The van der Waals surface area contributed by atoms with Gasteiger partial charge in [0, 0.05) is 12.8 Å². The summed E-state index contributed by atoms with van der Waals surface area (Å²) in [5.74, 6) is -4.40. The summed E-state index contributed by atoms with van der Waals surface area (Å²) in [7, 11) is 2.42. The first-order valence-corrected chi connectivity index (χ1v) is 5.65. The normalized spacial score (nSPS) is 19.4. The first-order chi connectivity index (χ1) is 8.84. The van der Waals surface area contributed by atoms with Crippen LogP contribution in [0.3, 0.4) is 0 Å². The van der Waals surface area contributed by atoms with Crippen LogP contribution >= 0.6 is 0 Å². The van der Waals surface area contributed by atoms with Gasteiger partial charge in [-0.1, -0.05) is 6.07 Å². The van der Waals surface area contributed by atoms with Crippen LogP contribution in [-0.4, -0.2) is 26.1 Å². The molecule has 1 aromatic rings. The molecule has 0 spiro atoms. The maximum Gasteiger partial charge on any atom is 0.316 e. The Hall–Kier alpha value is -1.72. The number of alkyl halides is 2. The van der Waals surface area contributed by atoms with Crippen LogP contribution in [0.25, 0.3) is 0 Å². The fourth-order valence-electron chi connectivity index (χ4n) is 2.46. The van der Waals surface area contributed by atoms with Gasteiger partial charge in [0.15, 0.2) is 11.6 Å². The molecule has 0 bridgehead atoms. The van der Waals surface area contributed by atoms with Gasteiger partial charge in [-0.15, -0.1) is 0 Å². The van der Waals surface area contributed by atoms with Crippen LogP contribution in [0.1, 0.15) is 18.4 Å². The van der Waals surface area contributed by atoms with Gasteiger partial charge in [-0.2, -0.15) is 0 Å². The highest BCUT2D eigenvalue weighted by molar-refractivity contribution is 5.85. The summed E-state index contributed by atoms with van der Waals surface area (Å²) in [5.41, 5.74) is -1.28. The highest BCUT2D eigenvalue weighted by Crippen LogP contribution is 2.54. The quantitative estimate of drug-likeness (QED) is 0.795. The number of methoxy groups -OCH3 is 2. The van der Waals surface area contributed by atoms with E-state index in [1.165, 1.54) is 19.2 Å². The zero-order chi connectivity index (χ0) is 14.3. The van der Waals surface area contributed by atoms with Crippen LogP contribution in [0.4, 0.5) is 13.2 Å². The summed E-state index contributed by atoms with van der Waals surface area (Å²) >= 11 is 0. The Kier molecular flexibility index (Phi) is 3.20. The van der Waals surface area contributed by atoms with E-state index in [9.17, 15) is 18.0 Å². The molecule has 0 saturated heterocycles. The maximum absolute atomic E-state index is 13.6. The molecule has 104 valence electrons. The summed E-state index contributed by atoms with van der Waals surface area (Å²) in [5, 5.41) is 0. The van der Waals surface area contributed by atoms with Gasteiger partial charge < -0.3 is 9.47 Å². The van der Waals surface area contributed by atoms with E-state index in [-0.39, 0.29) is 11.3 Å². The van der Waals surface area contributed by atoms with Crippen molar-refractivity contribution in [2.24, 2.45) is 0 Å². The molecule has 0 radical (unpaired) electrons. The van der Waals surface area contributed by atoms with Crippen LogP contribution < -0.4 is 4.74 Å². The highest BCUT2D eigenvalue weighted by atomic mass is 19.3. The maximum atomic E-state index is 13.6. The van der Waals surface area contributed by atoms with Crippen molar-refractivity contribution in [1.82, 2.24) is 0 Å². The molecule has 1 saturated carbocycles. The van der Waals surface area contributed by atoms with E-state index in [0.29, 0.717) is 0 Å². The van der Waals surface area contributed by atoms with Gasteiger partial charge >= 0.3 is 5.97 Å². The third-order valence-corrected chi connectivity index (χ3v) is 3.40. The average Bonchev–Trinajstić information content (AvgIpc) is 2.34. The van der Waals surface area contributed by atoms with E-state index in [0.717, 1.165) is 13.2 Å². The van der Waals surface area contributed by atoms with Gasteiger partial charge in [0.1, 0.15) is 5.41 Å². The Balaban J connectivity index is 2.41. The lowest BCUT2D eigenvalue weighted by Gasteiger charge is -2.45. The van der Waals surface area contributed by atoms with E-state index < -0.39 is 36.0 Å². The first kappa shape index (κ1) is 13.7. The number of halogens is 3. The van der Waals surface area contributed by atoms with Crippen LogP contribution in [0, 0.1) is 5.82 Å². The second-order valence-corrected chi connectivity index (χ2v) is 4.63. The fourth-order valence-corrected chi connectivity index (χ4v) is 2.46. The molecule has 19 heavy (non-hydrogen) atoms. The molecule has 1 aliphatic rings. The summed E-state index contributed by atoms with van der Waals surface area (Å²) in [6.45, 7) is 0. The van der Waals surface area contributed by atoms with Gasteiger partial charge in [0.05, 0.1) is 14.2 Å². The highest BCUT2D eigenvalue weighted by Gasteiger charge is 2.62. The number of benzene rings is 1. The largest absolute Gasteiger partial charge is 0.494 e. The number of hydrogen-bond donors (Lipinski definition) is 0. The van der Waals surface area contributed by atoms with E-state index in [1.54, 1.807) is 0 Å². The molecule has 0 N–H and O–H groups in total. The van der Waals surface area contributed by atoms with Gasteiger partial charge in [0.25, 0.3) is 5.92 Å². The van der Waals surface area contributed by atoms with Gasteiger partial charge in [-0.25, -0.2) is 13.2 Å². The molecule has 0 unspecified atom stereocenters. The molecular formula is C13H13F3O3. The predicted octanol–water partition coefficient (Wildman–Crippen LogP) is 2.67. The zero-order valence-corrected chi connectivity index (χ0v) is 10.5. The van der Waals surface area contributed by atoms with Crippen molar-refractivity contribution in [2.45, 2.75) is 24.2 Å². The summed E-state index contributed by atoms with van der Waals surface area (Å²) in [6.07, 6.45) is -1.34. The molecule has 3 nitrogen and oxygen atoms in total. The minimum absolute atomic E-state index is 0.00477. The number of carbonyl (C=O) groups is 1. The summed E-state index contributed by atoms with van der Waals surface area (Å²) in [6, 6.07) is 3.77. The summed E-state index contributed by atoms with van der Waals surface area (Å²) < 4.78 is 49.2. The van der Waals surface area contributed by atoms with Crippen molar-refractivity contribution in [3.8, 4) is 5.75 Å². The SMILES string of the molecule is COC(=O)C1(c2ccc(OC)c(F)c2)CC(F)(F)C1. The van der Waals surface area contributed by atoms with E-state index in [2.05, 4.69) is 4.74 Å². The van der Waals surface area contributed by atoms with E-state index >= 15 is 0 Å². The van der Waals surface area contributed by atoms with Crippen molar-refractivity contribution >= 4 is 5.97 Å². The molecule has 0 amide bonds. The lowest BCUT2D eigenvalue weighted by Crippen LogP contribution is -2.54. The van der Waals surface area contributed by atoms with Gasteiger partial charge in [-0.05, 0) is 17.7 Å². The molecule has 0 aromatic heterocycles. The van der Waals surface area contributed by atoms with Crippen molar-refractivity contribution < 1.29 is 27.4 Å². The second kappa shape index (κ2) is 4.43. The van der Waals surface area contributed by atoms with Crippen molar-refractivity contribution in [1.29, 1.82) is 0 Å². The Bertz CT molecular complexity index is 506. The molecule has 6 heteroatoms. The molecule has 0 atom stereocenters. The number of carbonyl (C=O) groups excluding carboxylic acids is 1. The number of ether oxygens (including phenoxy) is 2. The predicted molar refractivity (Wildman–Crippen MR) is 60.8 cm³/mol. The lowest BCUT2D eigenvalue weighted by atomic mass is 9.62. The minimum atomic E-state index is -2.93. The van der Waals surface area contributed by atoms with Crippen LogP contribution in [0.2, 0.25) is 0 Å². The Morgan fingerprint density at radius 1 is 1.26 bits per heavy atom. The standard InChI is InChI=1S/C13H13F3O3/c1-18-10-4-3-8(5-9(10)14)12(11(17)19-2)6-13(15,16)7-12/h3-5H,6-7H2,1-2H3. The Morgan fingerprint density at radius 2 is 1.89 bits per heavy atom. The number of rotatable bonds is 3. The van der Waals surface area contributed by atoms with Gasteiger partial charge in [-0.3, -0.25) is 4.79 Å². The number of hydrogen-bond acceptors (Lipinski definition) is 3. The molecule has 1 aliphatic carbocycles. The van der Waals surface area contributed by atoms with Gasteiger partial charge in [0.2, 0.25) is 0 Å². The molecular weight excluding hydrogens is 261 g/mol. The second-order valence-electron chi connectivity index (χ2n) is 4.63. The lowest BCUT2D eigenvalue weighted by molar-refractivity contribution is -0.177. The molecule has 1 fully saturated rings.